The fourth-order valence-electron chi connectivity index (χ4n) is 7.63. The topological polar surface area (TPSA) is 122 Å². The Morgan fingerprint density at radius 1 is 1.00 bits per heavy atom. The number of thiazole rings is 1. The summed E-state index contributed by atoms with van der Waals surface area (Å²) in [6, 6.07) is 3.64. The molecule has 4 atom stereocenters. The van der Waals surface area contributed by atoms with Gasteiger partial charge in [-0.2, -0.15) is 9.97 Å². The van der Waals surface area contributed by atoms with Gasteiger partial charge < -0.3 is 19.1 Å². The number of anilines is 2. The minimum Gasteiger partial charge on any atom is -0.461 e. The van der Waals surface area contributed by atoms with Crippen LogP contribution in [-0.4, -0.2) is 105 Å². The molecule has 55 heavy (non-hydrogen) atoms. The van der Waals surface area contributed by atoms with Crippen LogP contribution in [0.25, 0.3) is 32.2 Å². The third kappa shape index (κ3) is 7.82. The summed E-state index contributed by atoms with van der Waals surface area (Å²) in [6.45, 7) is 13.6. The molecule has 2 bridgehead atoms. The van der Waals surface area contributed by atoms with Crippen LogP contribution in [0.1, 0.15) is 67.7 Å². The normalized spacial score (nSPS) is 23.2. The standard InChI is InChI=1S/C38H45ClF3N7O5S/c1-36(2,3)53-34(50)46-33-44-29-22(11-12-25(41)30(29)55-33)26-24(39)13-23-28(27(26)42)43-32(52-18-38(7)14-19(40)15-47(38)8)45-31(23)48-16-20-9-10-21(17-48)49(20)35(51)54-37(4,5)6/h11-13,19-21H,9-10,14-18H2,1-8H3,(H,44,46,50)/t19-,20?,21?,38?/m1/s1. The van der Waals surface area contributed by atoms with Gasteiger partial charge in [-0.3, -0.25) is 15.1 Å². The largest absolute Gasteiger partial charge is 0.461 e. The van der Waals surface area contributed by atoms with Crippen LogP contribution < -0.4 is 15.0 Å². The Bertz CT molecular complexity index is 2160. The van der Waals surface area contributed by atoms with Crippen molar-refractivity contribution in [1.82, 2.24) is 24.8 Å². The molecule has 3 saturated heterocycles. The molecule has 2 aromatic carbocycles. The highest BCUT2D eigenvalue weighted by Crippen LogP contribution is 2.44. The van der Waals surface area contributed by atoms with Crippen molar-refractivity contribution in [3.8, 4) is 17.1 Å². The monoisotopic (exact) mass is 803 g/mol. The highest BCUT2D eigenvalue weighted by molar-refractivity contribution is 7.22. The first-order valence-electron chi connectivity index (χ1n) is 18.2. The number of carbonyl (C=O) groups excluding carboxylic acids is 2. The third-order valence-corrected chi connectivity index (χ3v) is 11.4. The second-order valence-electron chi connectivity index (χ2n) is 16.8. The van der Waals surface area contributed by atoms with Crippen LogP contribution in [-0.2, 0) is 9.47 Å². The van der Waals surface area contributed by atoms with E-state index in [0.29, 0.717) is 24.3 Å². The summed E-state index contributed by atoms with van der Waals surface area (Å²) in [4.78, 5) is 45.2. The number of carbonyl (C=O) groups is 2. The van der Waals surface area contributed by atoms with Crippen LogP contribution in [0.2, 0.25) is 5.02 Å². The number of ether oxygens (including phenoxy) is 3. The molecule has 5 heterocycles. The minimum atomic E-state index is -1.02. The molecule has 2 aromatic heterocycles. The first-order chi connectivity index (χ1) is 25.7. The molecular weight excluding hydrogens is 759 g/mol. The Hall–Kier alpha value is -4.15. The number of aromatic nitrogens is 3. The number of halogens is 4. The highest BCUT2D eigenvalue weighted by atomic mass is 35.5. The number of rotatable bonds is 6. The van der Waals surface area contributed by atoms with Gasteiger partial charge in [0.25, 0.3) is 0 Å². The van der Waals surface area contributed by atoms with E-state index in [2.05, 4.69) is 15.3 Å². The molecule has 296 valence electrons. The molecule has 0 aliphatic carbocycles. The van der Waals surface area contributed by atoms with E-state index in [9.17, 15) is 14.0 Å². The van der Waals surface area contributed by atoms with Gasteiger partial charge in [0.1, 0.15) is 41.1 Å². The molecule has 0 saturated carbocycles. The number of alkyl halides is 1. The summed E-state index contributed by atoms with van der Waals surface area (Å²) in [7, 11) is 1.82. The number of nitrogens with one attached hydrogen (secondary N) is 1. The van der Waals surface area contributed by atoms with Crippen molar-refractivity contribution in [3.63, 3.8) is 0 Å². The number of likely N-dealkylation sites (N-methyl/N-ethyl adjacent to an activating group) is 1. The smallest absolute Gasteiger partial charge is 0.413 e. The van der Waals surface area contributed by atoms with Crippen LogP contribution >= 0.6 is 22.9 Å². The zero-order chi connectivity index (χ0) is 39.8. The van der Waals surface area contributed by atoms with Gasteiger partial charge in [-0.15, -0.1) is 0 Å². The van der Waals surface area contributed by atoms with Crippen LogP contribution in [0, 0.1) is 11.6 Å². The van der Waals surface area contributed by atoms with Gasteiger partial charge >= 0.3 is 18.2 Å². The lowest BCUT2D eigenvalue weighted by Crippen LogP contribution is -2.57. The van der Waals surface area contributed by atoms with E-state index in [1.54, 1.807) is 31.7 Å². The van der Waals surface area contributed by atoms with Crippen LogP contribution in [0.15, 0.2) is 18.2 Å². The predicted octanol–water partition coefficient (Wildman–Crippen LogP) is 8.58. The Labute approximate surface area is 326 Å². The van der Waals surface area contributed by atoms with Crippen molar-refractivity contribution in [2.75, 3.05) is 43.5 Å². The highest BCUT2D eigenvalue weighted by Gasteiger charge is 2.45. The summed E-state index contributed by atoms with van der Waals surface area (Å²) < 4.78 is 64.1. The number of piperazine rings is 1. The van der Waals surface area contributed by atoms with Crippen molar-refractivity contribution in [2.24, 2.45) is 0 Å². The number of fused-ring (bicyclic) bond motifs is 4. The Balaban J connectivity index is 1.31. The van der Waals surface area contributed by atoms with E-state index in [4.69, 9.17) is 30.8 Å². The minimum absolute atomic E-state index is 0.00415. The zero-order valence-electron chi connectivity index (χ0n) is 32.1. The fourth-order valence-corrected chi connectivity index (χ4v) is 8.80. The molecular formula is C38H45ClF3N7O5S. The molecule has 3 aliphatic heterocycles. The molecule has 12 nitrogen and oxygen atoms in total. The summed E-state index contributed by atoms with van der Waals surface area (Å²) in [5, 5.41) is 2.89. The number of hydrogen-bond acceptors (Lipinski definition) is 11. The maximum Gasteiger partial charge on any atom is 0.413 e. The molecule has 0 spiro atoms. The summed E-state index contributed by atoms with van der Waals surface area (Å²) in [5.41, 5.74) is -2.03. The quantitative estimate of drug-likeness (QED) is 0.203. The average Bonchev–Trinajstić information content (AvgIpc) is 3.69. The molecule has 17 heteroatoms. The molecule has 1 N–H and O–H groups in total. The maximum absolute atomic E-state index is 17.2. The summed E-state index contributed by atoms with van der Waals surface area (Å²) in [5.74, 6) is -1.07. The first-order valence-corrected chi connectivity index (χ1v) is 19.4. The van der Waals surface area contributed by atoms with E-state index in [-0.39, 0.29) is 80.8 Å². The van der Waals surface area contributed by atoms with E-state index >= 15 is 8.78 Å². The number of likely N-dealkylation sites (tertiary alicyclic amines) is 1. The van der Waals surface area contributed by atoms with E-state index in [1.807, 2.05) is 44.5 Å². The van der Waals surface area contributed by atoms with Gasteiger partial charge in [-0.25, -0.2) is 27.7 Å². The maximum atomic E-state index is 17.2. The third-order valence-electron chi connectivity index (χ3n) is 10.2. The number of nitrogens with zero attached hydrogens (tertiary/aromatic N) is 6. The van der Waals surface area contributed by atoms with Crippen molar-refractivity contribution >= 4 is 67.2 Å². The lowest BCUT2D eigenvalue weighted by Gasteiger charge is -2.42. The second kappa shape index (κ2) is 14.1. The van der Waals surface area contributed by atoms with Gasteiger partial charge in [0.15, 0.2) is 10.9 Å². The molecule has 3 unspecified atom stereocenters. The number of amides is 2. The van der Waals surface area contributed by atoms with Crippen LogP contribution in [0.3, 0.4) is 0 Å². The lowest BCUT2D eigenvalue weighted by molar-refractivity contribution is 0.0122. The fraction of sp³-hybridized carbons (Fsp3) is 0.553. The molecule has 4 aromatic rings. The van der Waals surface area contributed by atoms with Crippen LogP contribution in [0.4, 0.5) is 33.7 Å². The van der Waals surface area contributed by atoms with Gasteiger partial charge in [-0.1, -0.05) is 22.9 Å². The summed E-state index contributed by atoms with van der Waals surface area (Å²) >= 11 is 7.80. The van der Waals surface area contributed by atoms with Crippen molar-refractivity contribution in [1.29, 1.82) is 0 Å². The molecule has 3 aliphatic rings. The second-order valence-corrected chi connectivity index (χ2v) is 18.2. The summed E-state index contributed by atoms with van der Waals surface area (Å²) in [6.07, 6.45) is -0.441. The Kier molecular flexibility index (Phi) is 10.0. The number of benzene rings is 2. The lowest BCUT2D eigenvalue weighted by atomic mass is 10.0. The van der Waals surface area contributed by atoms with Crippen LogP contribution in [0.5, 0.6) is 6.01 Å². The van der Waals surface area contributed by atoms with Crippen molar-refractivity contribution < 1.29 is 37.0 Å². The van der Waals surface area contributed by atoms with E-state index in [1.165, 1.54) is 12.1 Å². The zero-order valence-corrected chi connectivity index (χ0v) is 33.6. The van der Waals surface area contributed by atoms with Crippen molar-refractivity contribution in [2.45, 2.75) is 103 Å². The molecule has 0 radical (unpaired) electrons. The van der Waals surface area contributed by atoms with Gasteiger partial charge in [0.2, 0.25) is 0 Å². The molecule has 7 rings (SSSR count). The predicted molar refractivity (Wildman–Crippen MR) is 206 cm³/mol. The molecule has 3 fully saturated rings. The first kappa shape index (κ1) is 39.1. The van der Waals surface area contributed by atoms with Gasteiger partial charge in [-0.05, 0) is 86.6 Å². The van der Waals surface area contributed by atoms with Crippen molar-refractivity contribution in [3.05, 3.63) is 34.9 Å². The van der Waals surface area contributed by atoms with E-state index in [0.717, 1.165) is 24.2 Å². The van der Waals surface area contributed by atoms with Gasteiger partial charge in [0, 0.05) is 42.6 Å². The SMILES string of the molecule is CN1C[C@H](F)CC1(C)COc1nc(N2CC3CCC(C2)N3C(=O)OC(C)(C)C)c2cc(Cl)c(-c3ccc(F)c4sc(NC(=O)OC(C)(C)C)nc34)c(F)c2n1. The molecule has 2 amide bonds. The Morgan fingerprint density at radius 2 is 1.67 bits per heavy atom. The Morgan fingerprint density at radius 3 is 2.29 bits per heavy atom. The average molecular weight is 804 g/mol. The van der Waals surface area contributed by atoms with Gasteiger partial charge in [0.05, 0.1) is 32.9 Å². The number of hydrogen-bond donors (Lipinski definition) is 1. The van der Waals surface area contributed by atoms with E-state index < -0.39 is 40.6 Å².